The molecule has 0 fully saturated rings. The van der Waals surface area contributed by atoms with E-state index in [-0.39, 0.29) is 12.2 Å². The van der Waals surface area contributed by atoms with Crippen LogP contribution in [-0.4, -0.2) is 23.4 Å². The standard InChI is InChI=1S/C14H22N2O2/c1-6-14(4,15)12(17)7-11-10(3)13(18-5)9(2)8-16-11/h8H,6-7,15H2,1-5H3. The van der Waals surface area contributed by atoms with Crippen molar-refractivity contribution in [1.82, 2.24) is 4.98 Å². The van der Waals surface area contributed by atoms with E-state index in [0.29, 0.717) is 6.42 Å². The summed E-state index contributed by atoms with van der Waals surface area (Å²) >= 11 is 0. The Morgan fingerprint density at radius 2 is 2.11 bits per heavy atom. The Balaban J connectivity index is 3.03. The van der Waals surface area contributed by atoms with Crippen molar-refractivity contribution >= 4 is 5.78 Å². The Kier molecular flexibility index (Phi) is 4.46. The average Bonchev–Trinajstić information content (AvgIpc) is 2.33. The molecular weight excluding hydrogens is 228 g/mol. The van der Waals surface area contributed by atoms with Gasteiger partial charge in [-0.25, -0.2) is 0 Å². The zero-order chi connectivity index (χ0) is 13.9. The van der Waals surface area contributed by atoms with E-state index in [9.17, 15) is 4.79 Å². The Bertz CT molecular complexity index is 453. The van der Waals surface area contributed by atoms with Crippen molar-refractivity contribution in [3.63, 3.8) is 0 Å². The molecule has 0 spiro atoms. The first-order valence-electron chi connectivity index (χ1n) is 6.14. The van der Waals surface area contributed by atoms with E-state index in [4.69, 9.17) is 10.5 Å². The summed E-state index contributed by atoms with van der Waals surface area (Å²) in [5, 5.41) is 0. The van der Waals surface area contributed by atoms with Gasteiger partial charge >= 0.3 is 0 Å². The summed E-state index contributed by atoms with van der Waals surface area (Å²) in [4.78, 5) is 16.4. The first-order valence-corrected chi connectivity index (χ1v) is 6.14. The van der Waals surface area contributed by atoms with E-state index >= 15 is 0 Å². The molecule has 0 saturated carbocycles. The number of ketones is 1. The highest BCUT2D eigenvalue weighted by Gasteiger charge is 2.27. The van der Waals surface area contributed by atoms with Gasteiger partial charge in [-0.2, -0.15) is 0 Å². The molecule has 0 aliphatic rings. The molecule has 1 atom stereocenters. The molecule has 0 bridgehead atoms. The van der Waals surface area contributed by atoms with Crippen molar-refractivity contribution in [2.75, 3.05) is 7.11 Å². The van der Waals surface area contributed by atoms with E-state index in [0.717, 1.165) is 22.6 Å². The third kappa shape index (κ3) is 2.88. The van der Waals surface area contributed by atoms with Crippen LogP contribution in [-0.2, 0) is 11.2 Å². The molecule has 1 aromatic heterocycles. The van der Waals surface area contributed by atoms with E-state index in [1.54, 1.807) is 20.2 Å². The van der Waals surface area contributed by atoms with Crippen LogP contribution in [0.15, 0.2) is 6.20 Å². The number of aryl methyl sites for hydroxylation is 1. The second-order valence-corrected chi connectivity index (χ2v) is 4.92. The van der Waals surface area contributed by atoms with Gasteiger partial charge in [-0.3, -0.25) is 9.78 Å². The molecule has 4 heteroatoms. The topological polar surface area (TPSA) is 65.2 Å². The van der Waals surface area contributed by atoms with Crippen LogP contribution >= 0.6 is 0 Å². The largest absolute Gasteiger partial charge is 0.496 e. The van der Waals surface area contributed by atoms with Gasteiger partial charge in [0.25, 0.3) is 0 Å². The predicted molar refractivity (Wildman–Crippen MR) is 71.9 cm³/mol. The molecule has 0 aliphatic heterocycles. The second-order valence-electron chi connectivity index (χ2n) is 4.92. The van der Waals surface area contributed by atoms with Crippen LogP contribution in [0.5, 0.6) is 5.75 Å². The molecule has 1 unspecified atom stereocenters. The molecule has 0 radical (unpaired) electrons. The Morgan fingerprint density at radius 1 is 1.50 bits per heavy atom. The number of carbonyl (C=O) groups excluding carboxylic acids is 1. The lowest BCUT2D eigenvalue weighted by atomic mass is 9.90. The summed E-state index contributed by atoms with van der Waals surface area (Å²) in [5.74, 6) is 0.800. The Hall–Kier alpha value is -1.42. The van der Waals surface area contributed by atoms with E-state index in [2.05, 4.69) is 4.98 Å². The number of aromatic nitrogens is 1. The average molecular weight is 250 g/mol. The number of hydrogen-bond donors (Lipinski definition) is 1. The summed E-state index contributed by atoms with van der Waals surface area (Å²) in [6.45, 7) is 7.52. The van der Waals surface area contributed by atoms with Crippen molar-refractivity contribution in [3.8, 4) is 5.75 Å². The number of nitrogens with two attached hydrogens (primary N) is 1. The number of pyridine rings is 1. The fourth-order valence-corrected chi connectivity index (χ4v) is 1.80. The molecule has 0 aromatic carbocycles. The van der Waals surface area contributed by atoms with Gasteiger partial charge < -0.3 is 10.5 Å². The Labute approximate surface area is 109 Å². The number of ether oxygens (including phenoxy) is 1. The minimum absolute atomic E-state index is 0.00602. The molecule has 0 saturated heterocycles. The molecule has 0 aliphatic carbocycles. The van der Waals surface area contributed by atoms with Gasteiger partial charge in [-0.1, -0.05) is 6.92 Å². The van der Waals surface area contributed by atoms with Crippen molar-refractivity contribution in [2.45, 2.75) is 46.1 Å². The maximum atomic E-state index is 12.1. The lowest BCUT2D eigenvalue weighted by molar-refractivity contribution is -0.123. The van der Waals surface area contributed by atoms with Crippen LogP contribution in [0.1, 0.15) is 37.1 Å². The highest BCUT2D eigenvalue weighted by Crippen LogP contribution is 2.25. The van der Waals surface area contributed by atoms with Crippen LogP contribution in [0.2, 0.25) is 0 Å². The molecule has 2 N–H and O–H groups in total. The van der Waals surface area contributed by atoms with Gasteiger partial charge in [0.2, 0.25) is 0 Å². The summed E-state index contributed by atoms with van der Waals surface area (Å²) in [5.41, 5.74) is 7.79. The number of hydrogen-bond acceptors (Lipinski definition) is 4. The number of Topliss-reactive ketones (excluding diaryl/α,β-unsaturated/α-hetero) is 1. The maximum Gasteiger partial charge on any atom is 0.158 e. The van der Waals surface area contributed by atoms with Gasteiger partial charge in [0.15, 0.2) is 5.78 Å². The first-order chi connectivity index (χ1) is 8.33. The molecule has 4 nitrogen and oxygen atoms in total. The normalized spacial score (nSPS) is 14.1. The monoisotopic (exact) mass is 250 g/mol. The van der Waals surface area contributed by atoms with Gasteiger partial charge in [0, 0.05) is 17.3 Å². The minimum atomic E-state index is -0.785. The third-order valence-corrected chi connectivity index (χ3v) is 3.45. The molecule has 1 aromatic rings. The Morgan fingerprint density at radius 3 is 2.61 bits per heavy atom. The molecule has 18 heavy (non-hydrogen) atoms. The van der Waals surface area contributed by atoms with Gasteiger partial charge in [-0.15, -0.1) is 0 Å². The van der Waals surface area contributed by atoms with Crippen LogP contribution in [0, 0.1) is 13.8 Å². The zero-order valence-corrected chi connectivity index (χ0v) is 11.8. The highest BCUT2D eigenvalue weighted by molar-refractivity contribution is 5.89. The van der Waals surface area contributed by atoms with Crippen molar-refractivity contribution in [2.24, 2.45) is 5.73 Å². The van der Waals surface area contributed by atoms with Crippen LogP contribution in [0.3, 0.4) is 0 Å². The van der Waals surface area contributed by atoms with Crippen molar-refractivity contribution in [3.05, 3.63) is 23.0 Å². The number of methoxy groups -OCH3 is 1. The van der Waals surface area contributed by atoms with Gasteiger partial charge in [-0.05, 0) is 27.2 Å². The van der Waals surface area contributed by atoms with E-state index in [1.807, 2.05) is 20.8 Å². The highest BCUT2D eigenvalue weighted by atomic mass is 16.5. The summed E-state index contributed by atoms with van der Waals surface area (Å²) in [7, 11) is 1.63. The van der Waals surface area contributed by atoms with Gasteiger partial charge in [0.1, 0.15) is 5.75 Å². The van der Waals surface area contributed by atoms with Crippen LogP contribution in [0.4, 0.5) is 0 Å². The van der Waals surface area contributed by atoms with Gasteiger partial charge in [0.05, 0.1) is 24.8 Å². The third-order valence-electron chi connectivity index (χ3n) is 3.45. The van der Waals surface area contributed by atoms with Crippen LogP contribution < -0.4 is 10.5 Å². The van der Waals surface area contributed by atoms with Crippen LogP contribution in [0.25, 0.3) is 0 Å². The van der Waals surface area contributed by atoms with E-state index in [1.165, 1.54) is 0 Å². The molecular formula is C14H22N2O2. The molecule has 1 heterocycles. The number of rotatable bonds is 5. The number of nitrogens with zero attached hydrogens (tertiary/aromatic N) is 1. The summed E-state index contributed by atoms with van der Waals surface area (Å²) in [6.07, 6.45) is 2.60. The maximum absolute atomic E-state index is 12.1. The molecule has 1 rings (SSSR count). The second kappa shape index (κ2) is 5.48. The minimum Gasteiger partial charge on any atom is -0.496 e. The summed E-state index contributed by atoms with van der Waals surface area (Å²) in [6, 6.07) is 0. The van der Waals surface area contributed by atoms with Crippen molar-refractivity contribution in [1.29, 1.82) is 0 Å². The van der Waals surface area contributed by atoms with Crippen molar-refractivity contribution < 1.29 is 9.53 Å². The fraction of sp³-hybridized carbons (Fsp3) is 0.571. The first kappa shape index (κ1) is 14.6. The summed E-state index contributed by atoms with van der Waals surface area (Å²) < 4.78 is 5.33. The molecule has 100 valence electrons. The predicted octanol–water partition coefficient (Wildman–Crippen LogP) is 1.95. The molecule has 0 amide bonds. The smallest absolute Gasteiger partial charge is 0.158 e. The lowest BCUT2D eigenvalue weighted by Crippen LogP contribution is -2.45. The number of carbonyl (C=O) groups is 1. The fourth-order valence-electron chi connectivity index (χ4n) is 1.80. The zero-order valence-electron chi connectivity index (χ0n) is 11.8. The lowest BCUT2D eigenvalue weighted by Gasteiger charge is -2.21. The SMILES string of the molecule is CCC(C)(N)C(=O)Cc1ncc(C)c(OC)c1C. The quantitative estimate of drug-likeness (QED) is 0.867. The van der Waals surface area contributed by atoms with E-state index < -0.39 is 5.54 Å².